The van der Waals surface area contributed by atoms with Crippen LogP contribution in [0.25, 0.3) is 0 Å². The fraction of sp³-hybridized carbons (Fsp3) is 0.192. The van der Waals surface area contributed by atoms with Crippen molar-refractivity contribution in [3.8, 4) is 28.7 Å². The SMILES string of the molecule is COc1cc(C(=O)Oc2c(Br)cc(Br)cc2/C=N\NC(=O)COc2ccc(C)cc2)cc(OC)c1OC. The van der Waals surface area contributed by atoms with Gasteiger partial charge >= 0.3 is 5.97 Å². The van der Waals surface area contributed by atoms with Crippen LogP contribution < -0.4 is 29.1 Å². The number of esters is 1. The molecule has 37 heavy (non-hydrogen) atoms. The predicted molar refractivity (Wildman–Crippen MR) is 145 cm³/mol. The molecule has 0 spiro atoms. The van der Waals surface area contributed by atoms with E-state index in [4.69, 9.17) is 23.7 Å². The summed E-state index contributed by atoms with van der Waals surface area (Å²) in [6.07, 6.45) is 1.36. The van der Waals surface area contributed by atoms with E-state index in [0.29, 0.717) is 37.5 Å². The van der Waals surface area contributed by atoms with Crippen molar-refractivity contribution in [3.63, 3.8) is 0 Å². The average molecular weight is 636 g/mol. The van der Waals surface area contributed by atoms with Gasteiger partial charge in [0.15, 0.2) is 23.9 Å². The molecule has 0 saturated carbocycles. The summed E-state index contributed by atoms with van der Waals surface area (Å²) < 4.78 is 28.2. The Morgan fingerprint density at radius 2 is 1.57 bits per heavy atom. The van der Waals surface area contributed by atoms with Gasteiger partial charge in [-0.3, -0.25) is 4.79 Å². The summed E-state index contributed by atoms with van der Waals surface area (Å²) in [5.41, 5.74) is 4.07. The number of benzene rings is 3. The van der Waals surface area contributed by atoms with Crippen LogP contribution in [0.2, 0.25) is 0 Å². The number of carbonyl (C=O) groups excluding carboxylic acids is 2. The highest BCUT2D eigenvalue weighted by atomic mass is 79.9. The van der Waals surface area contributed by atoms with Crippen LogP contribution in [0.1, 0.15) is 21.5 Å². The van der Waals surface area contributed by atoms with E-state index >= 15 is 0 Å². The first-order chi connectivity index (χ1) is 17.7. The fourth-order valence-corrected chi connectivity index (χ4v) is 4.46. The number of aryl methyl sites for hydroxylation is 1. The molecular weight excluding hydrogens is 612 g/mol. The molecular formula is C26H24Br2N2O7. The Labute approximate surface area is 231 Å². The largest absolute Gasteiger partial charge is 0.493 e. The summed E-state index contributed by atoms with van der Waals surface area (Å²) in [5.74, 6) is 0.593. The Balaban J connectivity index is 1.75. The third kappa shape index (κ3) is 7.46. The predicted octanol–water partition coefficient (Wildman–Crippen LogP) is 5.29. The maximum absolute atomic E-state index is 13.0. The number of hydrazone groups is 1. The van der Waals surface area contributed by atoms with Crippen LogP contribution in [-0.2, 0) is 4.79 Å². The summed E-state index contributed by atoms with van der Waals surface area (Å²) >= 11 is 6.81. The van der Waals surface area contributed by atoms with E-state index in [0.717, 1.165) is 5.56 Å². The average Bonchev–Trinajstić information content (AvgIpc) is 2.89. The summed E-state index contributed by atoms with van der Waals surface area (Å²) in [6, 6.07) is 13.7. The van der Waals surface area contributed by atoms with Gasteiger partial charge in [0.2, 0.25) is 5.75 Å². The molecule has 0 unspecified atom stereocenters. The number of rotatable bonds is 10. The van der Waals surface area contributed by atoms with Gasteiger partial charge in [-0.1, -0.05) is 33.6 Å². The van der Waals surface area contributed by atoms with Crippen LogP contribution in [0, 0.1) is 6.92 Å². The Bertz CT molecular complexity index is 1290. The van der Waals surface area contributed by atoms with Gasteiger partial charge < -0.3 is 23.7 Å². The van der Waals surface area contributed by atoms with Gasteiger partial charge in [-0.15, -0.1) is 0 Å². The highest BCUT2D eigenvalue weighted by molar-refractivity contribution is 9.11. The van der Waals surface area contributed by atoms with Crippen molar-refractivity contribution < 1.29 is 33.3 Å². The summed E-state index contributed by atoms with van der Waals surface area (Å²) in [6.45, 7) is 1.74. The number of nitrogens with zero attached hydrogens (tertiary/aromatic N) is 1. The molecule has 1 amide bonds. The minimum atomic E-state index is -0.674. The third-order valence-electron chi connectivity index (χ3n) is 4.92. The minimum Gasteiger partial charge on any atom is -0.493 e. The lowest BCUT2D eigenvalue weighted by atomic mass is 10.1. The lowest BCUT2D eigenvalue weighted by Crippen LogP contribution is -2.24. The molecule has 0 bridgehead atoms. The Morgan fingerprint density at radius 3 is 2.16 bits per heavy atom. The maximum Gasteiger partial charge on any atom is 0.343 e. The van der Waals surface area contributed by atoms with Crippen LogP contribution in [0.5, 0.6) is 28.7 Å². The second-order valence-corrected chi connectivity index (χ2v) is 9.27. The van der Waals surface area contributed by atoms with Gasteiger partial charge in [-0.25, -0.2) is 10.2 Å². The molecule has 0 aliphatic carbocycles. The first-order valence-corrected chi connectivity index (χ1v) is 12.4. The molecule has 194 valence electrons. The molecule has 0 aliphatic heterocycles. The van der Waals surface area contributed by atoms with E-state index in [1.165, 1.54) is 39.7 Å². The molecule has 1 N–H and O–H groups in total. The third-order valence-corrected chi connectivity index (χ3v) is 5.96. The molecule has 0 fully saturated rings. The quantitative estimate of drug-likeness (QED) is 0.140. The van der Waals surface area contributed by atoms with Gasteiger partial charge in [0.1, 0.15) is 5.75 Å². The van der Waals surface area contributed by atoms with Crippen LogP contribution in [0.4, 0.5) is 0 Å². The van der Waals surface area contributed by atoms with Gasteiger partial charge in [0.05, 0.1) is 37.6 Å². The highest BCUT2D eigenvalue weighted by Gasteiger charge is 2.20. The van der Waals surface area contributed by atoms with Crippen LogP contribution in [0.15, 0.2) is 62.6 Å². The number of hydrogen-bond acceptors (Lipinski definition) is 8. The number of methoxy groups -OCH3 is 3. The van der Waals surface area contributed by atoms with Crippen molar-refractivity contribution in [3.05, 3.63) is 74.2 Å². The summed E-state index contributed by atoms with van der Waals surface area (Å²) in [4.78, 5) is 25.2. The van der Waals surface area contributed by atoms with Crippen molar-refractivity contribution in [2.24, 2.45) is 5.10 Å². The van der Waals surface area contributed by atoms with Crippen molar-refractivity contribution >= 4 is 50.0 Å². The van der Waals surface area contributed by atoms with Gasteiger partial charge in [0, 0.05) is 10.0 Å². The molecule has 3 rings (SSSR count). The lowest BCUT2D eigenvalue weighted by Gasteiger charge is -2.15. The van der Waals surface area contributed by atoms with Crippen molar-refractivity contribution in [1.29, 1.82) is 0 Å². The monoisotopic (exact) mass is 634 g/mol. The molecule has 0 atom stereocenters. The number of amides is 1. The van der Waals surface area contributed by atoms with Gasteiger partial charge in [0.25, 0.3) is 5.91 Å². The number of carbonyl (C=O) groups is 2. The van der Waals surface area contributed by atoms with E-state index in [2.05, 4.69) is 42.4 Å². The zero-order chi connectivity index (χ0) is 26.9. The van der Waals surface area contributed by atoms with Crippen molar-refractivity contribution in [1.82, 2.24) is 5.43 Å². The fourth-order valence-electron chi connectivity index (χ4n) is 3.12. The van der Waals surface area contributed by atoms with E-state index < -0.39 is 11.9 Å². The van der Waals surface area contributed by atoms with Crippen molar-refractivity contribution in [2.45, 2.75) is 6.92 Å². The second-order valence-electron chi connectivity index (χ2n) is 7.50. The molecule has 0 aliphatic rings. The highest BCUT2D eigenvalue weighted by Crippen LogP contribution is 2.39. The molecule has 9 nitrogen and oxygen atoms in total. The van der Waals surface area contributed by atoms with Gasteiger partial charge in [-0.05, 0) is 59.3 Å². The molecule has 0 heterocycles. The van der Waals surface area contributed by atoms with E-state index in [-0.39, 0.29) is 17.9 Å². The zero-order valence-electron chi connectivity index (χ0n) is 20.5. The normalized spacial score (nSPS) is 10.6. The van der Waals surface area contributed by atoms with Gasteiger partial charge in [-0.2, -0.15) is 5.10 Å². The zero-order valence-corrected chi connectivity index (χ0v) is 23.6. The van der Waals surface area contributed by atoms with E-state index in [9.17, 15) is 9.59 Å². The molecule has 11 heteroatoms. The first kappa shape index (κ1) is 28.0. The minimum absolute atomic E-state index is 0.175. The molecule has 3 aromatic rings. The van der Waals surface area contributed by atoms with Crippen LogP contribution in [-0.4, -0.2) is 46.0 Å². The Kier molecular flexibility index (Phi) is 9.93. The summed E-state index contributed by atoms with van der Waals surface area (Å²) in [5, 5.41) is 3.97. The van der Waals surface area contributed by atoms with Crippen LogP contribution >= 0.6 is 31.9 Å². The molecule has 0 saturated heterocycles. The van der Waals surface area contributed by atoms with Crippen molar-refractivity contribution in [2.75, 3.05) is 27.9 Å². The summed E-state index contributed by atoms with van der Waals surface area (Å²) in [7, 11) is 4.37. The molecule has 3 aromatic carbocycles. The molecule has 0 radical (unpaired) electrons. The Morgan fingerprint density at radius 1 is 0.919 bits per heavy atom. The number of nitrogens with one attached hydrogen (secondary N) is 1. The smallest absolute Gasteiger partial charge is 0.343 e. The van der Waals surface area contributed by atoms with Crippen LogP contribution in [0.3, 0.4) is 0 Å². The molecule has 0 aromatic heterocycles. The van der Waals surface area contributed by atoms with E-state index in [1.807, 2.05) is 19.1 Å². The number of halogens is 2. The topological polar surface area (TPSA) is 105 Å². The second kappa shape index (κ2) is 13.1. The standard InChI is InChI=1S/C26H24Br2N2O7/c1-15-5-7-19(8-6-15)36-14-23(31)30-29-13-17-9-18(27)12-20(28)24(17)37-26(32)16-10-21(33-2)25(35-4)22(11-16)34-3/h5-13H,14H2,1-4H3,(H,30,31)/b29-13-. The maximum atomic E-state index is 13.0. The van der Waals surface area contributed by atoms with E-state index in [1.54, 1.807) is 24.3 Å². The first-order valence-electron chi connectivity index (χ1n) is 10.8. The number of hydrogen-bond donors (Lipinski definition) is 1. The Hall–Kier alpha value is -3.57. The number of ether oxygens (including phenoxy) is 5. The lowest BCUT2D eigenvalue weighted by molar-refractivity contribution is -0.123.